The van der Waals surface area contributed by atoms with Gasteiger partial charge in [-0.25, -0.2) is 14.1 Å². The third-order valence-corrected chi connectivity index (χ3v) is 7.09. The molecule has 3 atom stereocenters. The van der Waals surface area contributed by atoms with E-state index >= 15 is 0 Å². The molecule has 0 bridgehead atoms. The van der Waals surface area contributed by atoms with Crippen LogP contribution in [0.2, 0.25) is 0 Å². The summed E-state index contributed by atoms with van der Waals surface area (Å²) in [6, 6.07) is 17.6. The number of aliphatic hydroxyl groups is 1. The monoisotopic (exact) mass is 525 g/mol. The van der Waals surface area contributed by atoms with Crippen LogP contribution in [0.25, 0.3) is 0 Å². The van der Waals surface area contributed by atoms with Gasteiger partial charge in [0.15, 0.2) is 6.61 Å². The van der Waals surface area contributed by atoms with Crippen LogP contribution in [0.5, 0.6) is 5.75 Å². The molecule has 0 spiro atoms. The Hall–Kier alpha value is -3.76. The number of rotatable bonds is 11. The molecule has 191 valence electrons. The molecule has 1 aliphatic rings. The molecule has 1 aliphatic heterocycles. The van der Waals surface area contributed by atoms with E-state index in [9.17, 15) is 28.3 Å². The van der Waals surface area contributed by atoms with Gasteiger partial charge < -0.3 is 19.5 Å². The van der Waals surface area contributed by atoms with Gasteiger partial charge in [0.05, 0.1) is 18.7 Å². The number of halogens is 2. The van der Waals surface area contributed by atoms with Gasteiger partial charge in [-0.2, -0.15) is 0 Å². The first-order chi connectivity index (χ1) is 17.9. The van der Waals surface area contributed by atoms with E-state index < -0.39 is 34.9 Å². The Labute approximate surface area is 216 Å². The van der Waals surface area contributed by atoms with Crippen LogP contribution >= 0.6 is 11.8 Å². The largest absolute Gasteiger partial charge is 0.484 e. The molecule has 37 heavy (non-hydrogen) atoms. The van der Waals surface area contributed by atoms with E-state index in [1.165, 1.54) is 60.3 Å². The highest BCUT2D eigenvalue weighted by molar-refractivity contribution is 8.00. The lowest BCUT2D eigenvalue weighted by Crippen LogP contribution is -2.57. The summed E-state index contributed by atoms with van der Waals surface area (Å²) in [6.45, 7) is -0.526. The Morgan fingerprint density at radius 1 is 1.03 bits per heavy atom. The number of thioether (sulfide) groups is 1. The van der Waals surface area contributed by atoms with Crippen LogP contribution in [-0.2, 0) is 14.4 Å². The fourth-order valence-electron chi connectivity index (χ4n) is 3.91. The van der Waals surface area contributed by atoms with Gasteiger partial charge in [-0.1, -0.05) is 24.3 Å². The number of benzene rings is 3. The van der Waals surface area contributed by atoms with Crippen LogP contribution in [0.4, 0.5) is 14.5 Å². The summed E-state index contributed by atoms with van der Waals surface area (Å²) >= 11 is 1.28. The fourth-order valence-corrected chi connectivity index (χ4v) is 5.20. The molecule has 0 aromatic heterocycles. The predicted octanol–water partition coefficient (Wildman–Crippen LogP) is 3.60. The van der Waals surface area contributed by atoms with Crippen LogP contribution in [0, 0.1) is 11.6 Å². The zero-order valence-electron chi connectivity index (χ0n) is 19.5. The average Bonchev–Trinajstić information content (AvgIpc) is 2.91. The molecule has 10 heteroatoms. The van der Waals surface area contributed by atoms with E-state index in [0.29, 0.717) is 23.3 Å². The first kappa shape index (κ1) is 26.3. The summed E-state index contributed by atoms with van der Waals surface area (Å²) in [5.41, 5.74) is 1.86. The second-order valence-electron chi connectivity index (χ2n) is 8.21. The zero-order valence-corrected chi connectivity index (χ0v) is 20.3. The number of aldehydes is 1. The molecule has 1 unspecified atom stereocenters. The van der Waals surface area contributed by atoms with Crippen molar-refractivity contribution in [2.24, 2.45) is 0 Å². The van der Waals surface area contributed by atoms with E-state index in [-0.39, 0.29) is 24.8 Å². The molecule has 1 fully saturated rings. The van der Waals surface area contributed by atoms with E-state index in [1.54, 1.807) is 29.2 Å². The maximum atomic E-state index is 13.5. The zero-order chi connectivity index (χ0) is 26.4. The third-order valence-electron chi connectivity index (χ3n) is 5.77. The number of hydrogen-bond acceptors (Lipinski definition) is 6. The summed E-state index contributed by atoms with van der Waals surface area (Å²) in [5.74, 6) is -0.940. The number of anilines is 1. The number of carbonyl (C=O) groups excluding carboxylic acids is 3. The van der Waals surface area contributed by atoms with Gasteiger partial charge in [-0.15, -0.1) is 11.8 Å². The number of aliphatic hydroxyl groups excluding tert-OH is 1. The number of ether oxygens (including phenoxy) is 1. The lowest BCUT2D eigenvalue weighted by Gasteiger charge is -2.47. The molecule has 3 aromatic carbocycles. The lowest BCUT2D eigenvalue weighted by molar-refractivity contribution is -0.124. The smallest absolute Gasteiger partial charge is 0.279 e. The van der Waals surface area contributed by atoms with Gasteiger partial charge in [-0.3, -0.25) is 9.59 Å². The Morgan fingerprint density at radius 3 is 2.27 bits per heavy atom. The third kappa shape index (κ3) is 6.33. The molecule has 4 rings (SSSR count). The number of nitrogens with zero attached hydrogens (tertiary/aromatic N) is 2. The highest BCUT2D eigenvalue weighted by Crippen LogP contribution is 2.46. The van der Waals surface area contributed by atoms with E-state index in [2.05, 4.69) is 5.32 Å². The van der Waals surface area contributed by atoms with Gasteiger partial charge in [0, 0.05) is 11.4 Å². The summed E-state index contributed by atoms with van der Waals surface area (Å²) < 4.78 is 32.1. The molecule has 2 amide bonds. The molecular formula is C27H23F2N2O5S. The summed E-state index contributed by atoms with van der Waals surface area (Å²) in [5, 5.41) is 13.5. The summed E-state index contributed by atoms with van der Waals surface area (Å²) in [7, 11) is 0. The van der Waals surface area contributed by atoms with Crippen LogP contribution in [0.1, 0.15) is 23.3 Å². The first-order valence-corrected chi connectivity index (χ1v) is 12.4. The van der Waals surface area contributed by atoms with Crippen molar-refractivity contribution in [2.45, 2.75) is 17.4 Å². The van der Waals surface area contributed by atoms with Gasteiger partial charge in [0.25, 0.3) is 5.91 Å². The van der Waals surface area contributed by atoms with Crippen LogP contribution in [0.3, 0.4) is 0 Å². The van der Waals surface area contributed by atoms with Crippen molar-refractivity contribution < 1.29 is 33.0 Å². The molecule has 0 saturated carbocycles. The Balaban J connectivity index is 1.49. The van der Waals surface area contributed by atoms with Gasteiger partial charge in [0.1, 0.15) is 28.9 Å². The van der Waals surface area contributed by atoms with Gasteiger partial charge in [0.2, 0.25) is 5.91 Å². The Kier molecular flexibility index (Phi) is 8.52. The van der Waals surface area contributed by atoms with Crippen molar-refractivity contribution in [3.8, 4) is 5.75 Å². The van der Waals surface area contributed by atoms with Crippen molar-refractivity contribution in [3.63, 3.8) is 0 Å². The second kappa shape index (κ2) is 12.0. The molecular weight excluding hydrogens is 502 g/mol. The second-order valence-corrected chi connectivity index (χ2v) is 9.38. The van der Waals surface area contributed by atoms with Crippen molar-refractivity contribution in [3.05, 3.63) is 95.6 Å². The number of carbonyl (C=O) groups is 3. The Morgan fingerprint density at radius 2 is 1.65 bits per heavy atom. The van der Waals surface area contributed by atoms with Crippen LogP contribution < -0.4 is 15.0 Å². The number of amides is 2. The molecule has 7 nitrogen and oxygen atoms in total. The quantitative estimate of drug-likeness (QED) is 0.304. The minimum atomic E-state index is -0.892. The highest BCUT2D eigenvalue weighted by Gasteiger charge is 2.49. The molecule has 1 N–H and O–H groups in total. The van der Waals surface area contributed by atoms with Crippen LogP contribution in [-0.4, -0.2) is 47.4 Å². The van der Waals surface area contributed by atoms with Crippen molar-refractivity contribution in [1.29, 1.82) is 0 Å². The van der Waals surface area contributed by atoms with Crippen LogP contribution in [0.15, 0.2) is 72.8 Å². The van der Waals surface area contributed by atoms with E-state index in [1.807, 2.05) is 0 Å². The summed E-state index contributed by atoms with van der Waals surface area (Å²) in [4.78, 5) is 36.6. The van der Waals surface area contributed by atoms with E-state index in [0.717, 1.165) is 5.56 Å². The lowest BCUT2D eigenvalue weighted by atomic mass is 9.92. The molecule has 1 saturated heterocycles. The topological polar surface area (TPSA) is 98.0 Å². The minimum absolute atomic E-state index is 0.185. The first-order valence-electron chi connectivity index (χ1n) is 11.4. The fraction of sp³-hybridized carbons (Fsp3) is 0.222. The Bertz CT molecular complexity index is 1240. The van der Waals surface area contributed by atoms with Crippen molar-refractivity contribution in [2.75, 3.05) is 23.8 Å². The van der Waals surface area contributed by atoms with Crippen molar-refractivity contribution in [1.82, 2.24) is 5.32 Å². The highest BCUT2D eigenvalue weighted by atomic mass is 32.2. The molecule has 1 radical (unpaired) electrons. The standard InChI is InChI=1S/C27H23F2N2O5S/c28-19-5-1-17(2-6-19)23(33)16-37-26-25(31(27(26)35)21-9-7-20(29)8-10-21)18-3-11-22(12-4-18)36-15-24(34)30-13-14-32/h1-12,14,23,25-26,33H,13,15-16H2/t23?,25-,26-/m1/s1. The van der Waals surface area contributed by atoms with Gasteiger partial charge in [-0.05, 0) is 59.7 Å². The molecule has 0 aliphatic carbocycles. The minimum Gasteiger partial charge on any atom is -0.484 e. The normalized spacial score (nSPS) is 17.6. The predicted molar refractivity (Wildman–Crippen MR) is 134 cm³/mol. The molecule has 3 aromatic rings. The maximum Gasteiger partial charge on any atom is 0.279 e. The van der Waals surface area contributed by atoms with Gasteiger partial charge >= 0.3 is 0 Å². The number of hydrogen-bond donors (Lipinski definition) is 1. The molecule has 1 heterocycles. The van der Waals surface area contributed by atoms with E-state index in [4.69, 9.17) is 4.74 Å². The average molecular weight is 526 g/mol. The maximum absolute atomic E-state index is 13.5. The summed E-state index contributed by atoms with van der Waals surface area (Å²) in [6.07, 6.45) is -0.371. The van der Waals surface area contributed by atoms with Crippen molar-refractivity contribution >= 4 is 35.5 Å². The number of β-lactam (4-membered cyclic amide) rings is 1. The SMILES string of the molecule is O=CC[N]C(=O)COc1ccc([C@@H]2[C@@H](SCC(O)c3ccc(F)cc3)C(=O)N2c2ccc(F)cc2)cc1.